The van der Waals surface area contributed by atoms with Crippen LogP contribution < -0.4 is 10.1 Å². The molecule has 1 aliphatic rings. The second kappa shape index (κ2) is 5.96. The Labute approximate surface area is 139 Å². The standard InChI is InChI=1S/C18H17FN4O/c1-24-16-8-6-13-14(18(16)19)5-7-15(13)22-12-10-21-23(11-12)17-4-2-3-9-20-17/h2-4,6,8-11,15,22H,5,7H2,1H3. The summed E-state index contributed by atoms with van der Waals surface area (Å²) in [5.74, 6) is 0.814. The molecule has 6 heteroatoms. The van der Waals surface area contributed by atoms with Gasteiger partial charge in [-0.2, -0.15) is 5.10 Å². The lowest BCUT2D eigenvalue weighted by Gasteiger charge is -2.14. The van der Waals surface area contributed by atoms with Crippen molar-refractivity contribution in [1.82, 2.24) is 14.8 Å². The van der Waals surface area contributed by atoms with Gasteiger partial charge in [-0.15, -0.1) is 0 Å². The summed E-state index contributed by atoms with van der Waals surface area (Å²) in [4.78, 5) is 4.27. The number of halogens is 1. The Hall–Kier alpha value is -2.89. The lowest BCUT2D eigenvalue weighted by atomic mass is 10.1. The maximum atomic E-state index is 14.3. The molecule has 2 heterocycles. The predicted molar refractivity (Wildman–Crippen MR) is 89.0 cm³/mol. The Morgan fingerprint density at radius 1 is 1.29 bits per heavy atom. The summed E-state index contributed by atoms with van der Waals surface area (Å²) in [5.41, 5.74) is 2.61. The van der Waals surface area contributed by atoms with Crippen LogP contribution in [-0.2, 0) is 6.42 Å². The topological polar surface area (TPSA) is 52.0 Å². The van der Waals surface area contributed by atoms with E-state index < -0.39 is 0 Å². The van der Waals surface area contributed by atoms with Crippen molar-refractivity contribution in [3.8, 4) is 11.6 Å². The van der Waals surface area contributed by atoms with Gasteiger partial charge in [-0.05, 0) is 42.2 Å². The molecule has 0 spiro atoms. The maximum absolute atomic E-state index is 14.3. The number of fused-ring (bicyclic) bond motifs is 1. The molecular formula is C18H17FN4O. The van der Waals surface area contributed by atoms with Crippen LogP contribution in [0.15, 0.2) is 48.9 Å². The first kappa shape index (κ1) is 14.7. The number of benzene rings is 1. The Bertz CT molecular complexity index is 863. The monoisotopic (exact) mass is 324 g/mol. The number of anilines is 1. The zero-order valence-electron chi connectivity index (χ0n) is 13.2. The van der Waals surface area contributed by atoms with Gasteiger partial charge in [-0.1, -0.05) is 12.1 Å². The van der Waals surface area contributed by atoms with Crippen molar-refractivity contribution in [3.63, 3.8) is 0 Å². The molecule has 1 aliphatic carbocycles. The van der Waals surface area contributed by atoms with E-state index in [2.05, 4.69) is 15.4 Å². The third-order valence-corrected chi connectivity index (χ3v) is 4.33. The molecule has 1 N–H and O–H groups in total. The summed E-state index contributed by atoms with van der Waals surface area (Å²) in [7, 11) is 1.49. The van der Waals surface area contributed by atoms with E-state index in [1.807, 2.05) is 30.5 Å². The van der Waals surface area contributed by atoms with Crippen LogP contribution >= 0.6 is 0 Å². The van der Waals surface area contributed by atoms with Gasteiger partial charge in [0.1, 0.15) is 0 Å². The molecule has 122 valence electrons. The van der Waals surface area contributed by atoms with Crippen molar-refractivity contribution >= 4 is 5.69 Å². The molecule has 0 radical (unpaired) electrons. The Morgan fingerprint density at radius 3 is 3.00 bits per heavy atom. The average molecular weight is 324 g/mol. The Balaban J connectivity index is 1.56. The number of nitrogens with zero attached hydrogens (tertiary/aromatic N) is 3. The van der Waals surface area contributed by atoms with Crippen LogP contribution in [0.4, 0.5) is 10.1 Å². The lowest BCUT2D eigenvalue weighted by Crippen LogP contribution is -2.07. The van der Waals surface area contributed by atoms with E-state index in [-0.39, 0.29) is 11.9 Å². The van der Waals surface area contributed by atoms with E-state index in [0.29, 0.717) is 12.2 Å². The third kappa shape index (κ3) is 2.50. The number of pyridine rings is 1. The highest BCUT2D eigenvalue weighted by molar-refractivity contribution is 5.49. The van der Waals surface area contributed by atoms with Gasteiger partial charge >= 0.3 is 0 Å². The molecule has 4 rings (SSSR count). The number of ether oxygens (including phenoxy) is 1. The lowest BCUT2D eigenvalue weighted by molar-refractivity contribution is 0.384. The highest BCUT2D eigenvalue weighted by Gasteiger charge is 2.27. The van der Waals surface area contributed by atoms with Crippen LogP contribution in [0, 0.1) is 5.82 Å². The summed E-state index contributed by atoms with van der Waals surface area (Å²) in [6.45, 7) is 0. The van der Waals surface area contributed by atoms with E-state index in [1.165, 1.54) is 7.11 Å². The van der Waals surface area contributed by atoms with E-state index in [9.17, 15) is 4.39 Å². The largest absolute Gasteiger partial charge is 0.494 e. The first-order valence-electron chi connectivity index (χ1n) is 7.84. The van der Waals surface area contributed by atoms with Crippen molar-refractivity contribution in [2.45, 2.75) is 18.9 Å². The highest BCUT2D eigenvalue weighted by Crippen LogP contribution is 2.38. The number of aromatic nitrogens is 3. The first-order valence-corrected chi connectivity index (χ1v) is 7.84. The van der Waals surface area contributed by atoms with Crippen LogP contribution in [-0.4, -0.2) is 21.9 Å². The molecule has 2 aromatic heterocycles. The Morgan fingerprint density at radius 2 is 2.21 bits per heavy atom. The highest BCUT2D eigenvalue weighted by atomic mass is 19.1. The molecule has 0 fully saturated rings. The van der Waals surface area contributed by atoms with Gasteiger partial charge in [0, 0.05) is 6.20 Å². The van der Waals surface area contributed by atoms with Crippen molar-refractivity contribution in [2.75, 3.05) is 12.4 Å². The minimum atomic E-state index is -0.247. The SMILES string of the molecule is COc1ccc2c(c1F)CCC2Nc1cnn(-c2ccccn2)c1. The minimum absolute atomic E-state index is 0.0711. The van der Waals surface area contributed by atoms with Crippen molar-refractivity contribution in [3.05, 3.63) is 65.9 Å². The molecule has 24 heavy (non-hydrogen) atoms. The van der Waals surface area contributed by atoms with Crippen LogP contribution in [0.25, 0.3) is 5.82 Å². The predicted octanol–water partition coefficient (Wildman–Crippen LogP) is 3.51. The van der Waals surface area contributed by atoms with Gasteiger partial charge in [0.25, 0.3) is 0 Å². The number of rotatable bonds is 4. The average Bonchev–Trinajstić information content (AvgIpc) is 3.24. The fourth-order valence-corrected chi connectivity index (χ4v) is 3.16. The summed E-state index contributed by atoms with van der Waals surface area (Å²) in [5, 5.41) is 7.76. The minimum Gasteiger partial charge on any atom is -0.494 e. The van der Waals surface area contributed by atoms with Crippen LogP contribution in [0.3, 0.4) is 0 Å². The number of methoxy groups -OCH3 is 1. The van der Waals surface area contributed by atoms with Gasteiger partial charge in [-0.25, -0.2) is 14.1 Å². The van der Waals surface area contributed by atoms with E-state index in [0.717, 1.165) is 29.1 Å². The molecule has 1 aromatic carbocycles. The van der Waals surface area contributed by atoms with E-state index >= 15 is 0 Å². The molecule has 1 unspecified atom stereocenters. The smallest absolute Gasteiger partial charge is 0.168 e. The summed E-state index contributed by atoms with van der Waals surface area (Å²) >= 11 is 0. The second-order valence-electron chi connectivity index (χ2n) is 5.75. The molecule has 0 saturated carbocycles. The van der Waals surface area contributed by atoms with Gasteiger partial charge in [0.15, 0.2) is 17.4 Å². The van der Waals surface area contributed by atoms with Crippen LogP contribution in [0.2, 0.25) is 0 Å². The van der Waals surface area contributed by atoms with Crippen molar-refractivity contribution in [1.29, 1.82) is 0 Å². The van der Waals surface area contributed by atoms with E-state index in [1.54, 1.807) is 23.1 Å². The van der Waals surface area contributed by atoms with Crippen molar-refractivity contribution in [2.24, 2.45) is 0 Å². The molecular weight excluding hydrogens is 307 g/mol. The van der Waals surface area contributed by atoms with Gasteiger partial charge < -0.3 is 10.1 Å². The molecule has 1 atom stereocenters. The molecule has 3 aromatic rings. The van der Waals surface area contributed by atoms with Gasteiger partial charge in [-0.3, -0.25) is 0 Å². The second-order valence-corrected chi connectivity index (χ2v) is 5.75. The van der Waals surface area contributed by atoms with Gasteiger partial charge in [0.05, 0.1) is 31.2 Å². The summed E-state index contributed by atoms with van der Waals surface area (Å²) in [6.07, 6.45) is 6.92. The van der Waals surface area contributed by atoms with Crippen molar-refractivity contribution < 1.29 is 9.13 Å². The zero-order chi connectivity index (χ0) is 16.5. The zero-order valence-corrected chi connectivity index (χ0v) is 13.2. The first-order chi connectivity index (χ1) is 11.8. The number of hydrogen-bond acceptors (Lipinski definition) is 4. The summed E-state index contributed by atoms with van der Waals surface area (Å²) < 4.78 is 21.1. The normalized spacial score (nSPS) is 16.0. The van der Waals surface area contributed by atoms with E-state index in [4.69, 9.17) is 4.74 Å². The quantitative estimate of drug-likeness (QED) is 0.798. The van der Waals surface area contributed by atoms with Crippen LogP contribution in [0.1, 0.15) is 23.6 Å². The third-order valence-electron chi connectivity index (χ3n) is 4.33. The van der Waals surface area contributed by atoms with Gasteiger partial charge in [0.2, 0.25) is 0 Å². The molecule has 0 saturated heterocycles. The molecule has 0 amide bonds. The maximum Gasteiger partial charge on any atom is 0.168 e. The molecule has 0 aliphatic heterocycles. The Kier molecular flexibility index (Phi) is 3.65. The number of nitrogens with one attached hydrogen (secondary N) is 1. The fourth-order valence-electron chi connectivity index (χ4n) is 3.16. The molecule has 5 nitrogen and oxygen atoms in total. The summed E-state index contributed by atoms with van der Waals surface area (Å²) in [6, 6.07) is 9.37. The number of hydrogen-bond donors (Lipinski definition) is 1. The molecule has 0 bridgehead atoms. The van der Waals surface area contributed by atoms with Crippen LogP contribution in [0.5, 0.6) is 5.75 Å². The fraction of sp³-hybridized carbons (Fsp3) is 0.222.